The van der Waals surface area contributed by atoms with Crippen LogP contribution < -0.4 is 4.74 Å². The number of amides is 1. The first-order valence-electron chi connectivity index (χ1n) is 8.70. The lowest BCUT2D eigenvalue weighted by Gasteiger charge is -2.32. The van der Waals surface area contributed by atoms with Crippen molar-refractivity contribution in [3.05, 3.63) is 45.7 Å². The summed E-state index contributed by atoms with van der Waals surface area (Å²) in [4.78, 5) is 20.0. The number of ether oxygens (including phenoxy) is 1. The second-order valence-electron chi connectivity index (χ2n) is 6.39. The molecule has 1 amide bonds. The number of halogens is 1. The number of benzene rings is 1. The van der Waals surface area contributed by atoms with Gasteiger partial charge in [-0.25, -0.2) is 9.37 Å². The SMILES string of the molecule is CCc1nc(C)sc1C(=O)N1CCC[C@@H](COc2ccc(F)cc2)C1. The van der Waals surface area contributed by atoms with E-state index in [9.17, 15) is 9.18 Å². The highest BCUT2D eigenvalue weighted by atomic mass is 32.1. The molecule has 2 heterocycles. The predicted molar refractivity (Wildman–Crippen MR) is 96.8 cm³/mol. The second kappa shape index (κ2) is 7.95. The molecule has 0 saturated carbocycles. The molecule has 2 aromatic rings. The van der Waals surface area contributed by atoms with E-state index in [0.29, 0.717) is 24.8 Å². The van der Waals surface area contributed by atoms with Crippen molar-refractivity contribution < 1.29 is 13.9 Å². The Hall–Kier alpha value is -1.95. The number of carbonyl (C=O) groups is 1. The molecule has 1 aliphatic heterocycles. The van der Waals surface area contributed by atoms with Crippen LogP contribution in [0.15, 0.2) is 24.3 Å². The van der Waals surface area contributed by atoms with Crippen molar-refractivity contribution in [3.63, 3.8) is 0 Å². The molecule has 4 nitrogen and oxygen atoms in total. The van der Waals surface area contributed by atoms with E-state index in [1.165, 1.54) is 23.5 Å². The maximum Gasteiger partial charge on any atom is 0.265 e. The Morgan fingerprint density at radius 3 is 2.88 bits per heavy atom. The highest BCUT2D eigenvalue weighted by molar-refractivity contribution is 7.13. The van der Waals surface area contributed by atoms with Crippen LogP contribution in [0.5, 0.6) is 5.75 Å². The molecule has 0 unspecified atom stereocenters. The molecular weight excluding hydrogens is 339 g/mol. The Kier molecular flexibility index (Phi) is 5.68. The molecule has 0 bridgehead atoms. The summed E-state index contributed by atoms with van der Waals surface area (Å²) in [6.07, 6.45) is 2.78. The molecular formula is C19H23FN2O2S. The summed E-state index contributed by atoms with van der Waals surface area (Å²) in [5.41, 5.74) is 0.900. The number of rotatable bonds is 5. The Morgan fingerprint density at radius 2 is 2.16 bits per heavy atom. The van der Waals surface area contributed by atoms with Crippen molar-refractivity contribution in [1.82, 2.24) is 9.88 Å². The lowest BCUT2D eigenvalue weighted by Crippen LogP contribution is -2.41. The van der Waals surface area contributed by atoms with Crippen LogP contribution in [-0.2, 0) is 6.42 Å². The van der Waals surface area contributed by atoms with Crippen molar-refractivity contribution in [2.75, 3.05) is 19.7 Å². The number of carbonyl (C=O) groups excluding carboxylic acids is 1. The molecule has 0 aliphatic carbocycles. The Labute approximate surface area is 151 Å². The molecule has 1 atom stereocenters. The van der Waals surface area contributed by atoms with E-state index in [2.05, 4.69) is 4.98 Å². The molecule has 0 radical (unpaired) electrons. The van der Waals surface area contributed by atoms with Gasteiger partial charge in [0.05, 0.1) is 17.3 Å². The van der Waals surface area contributed by atoms with Gasteiger partial charge in [-0.3, -0.25) is 4.79 Å². The quantitative estimate of drug-likeness (QED) is 0.805. The van der Waals surface area contributed by atoms with Crippen molar-refractivity contribution in [2.24, 2.45) is 5.92 Å². The van der Waals surface area contributed by atoms with Gasteiger partial charge in [0.2, 0.25) is 0 Å². The molecule has 0 N–H and O–H groups in total. The smallest absolute Gasteiger partial charge is 0.265 e. The lowest BCUT2D eigenvalue weighted by molar-refractivity contribution is 0.0637. The van der Waals surface area contributed by atoms with Gasteiger partial charge in [-0.1, -0.05) is 6.92 Å². The van der Waals surface area contributed by atoms with Crippen LogP contribution in [0.2, 0.25) is 0 Å². The van der Waals surface area contributed by atoms with Gasteiger partial charge in [-0.05, 0) is 50.5 Å². The summed E-state index contributed by atoms with van der Waals surface area (Å²) in [6, 6.07) is 6.05. The Bertz CT molecular complexity index is 730. The highest BCUT2D eigenvalue weighted by Gasteiger charge is 2.27. The average molecular weight is 362 g/mol. The number of nitrogens with zero attached hydrogens (tertiary/aromatic N) is 2. The van der Waals surface area contributed by atoms with E-state index in [-0.39, 0.29) is 11.7 Å². The van der Waals surface area contributed by atoms with Gasteiger partial charge in [0.25, 0.3) is 5.91 Å². The van der Waals surface area contributed by atoms with Crippen molar-refractivity contribution >= 4 is 17.2 Å². The minimum Gasteiger partial charge on any atom is -0.493 e. The van der Waals surface area contributed by atoms with Gasteiger partial charge in [0.15, 0.2) is 0 Å². The second-order valence-corrected chi connectivity index (χ2v) is 7.59. The summed E-state index contributed by atoms with van der Waals surface area (Å²) < 4.78 is 18.7. The maximum absolute atomic E-state index is 12.9. The minimum atomic E-state index is -0.270. The van der Waals surface area contributed by atoms with E-state index in [1.54, 1.807) is 12.1 Å². The van der Waals surface area contributed by atoms with Gasteiger partial charge < -0.3 is 9.64 Å². The van der Waals surface area contributed by atoms with Crippen LogP contribution in [0.4, 0.5) is 4.39 Å². The zero-order valence-electron chi connectivity index (χ0n) is 14.6. The fraction of sp³-hybridized carbons (Fsp3) is 0.474. The molecule has 1 aromatic heterocycles. The first-order valence-corrected chi connectivity index (χ1v) is 9.52. The standard InChI is InChI=1S/C19H23FN2O2S/c1-3-17-18(25-13(2)21-17)19(23)22-10-4-5-14(11-22)12-24-16-8-6-15(20)7-9-16/h6-9,14H,3-5,10-12H2,1-2H3/t14-/m1/s1. The number of aryl methyl sites for hydroxylation is 2. The third-order valence-corrected chi connectivity index (χ3v) is 5.44. The largest absolute Gasteiger partial charge is 0.493 e. The molecule has 3 rings (SSSR count). The predicted octanol–water partition coefficient (Wildman–Crippen LogP) is 4.08. The van der Waals surface area contributed by atoms with Gasteiger partial charge in [-0.15, -0.1) is 11.3 Å². The average Bonchev–Trinajstić information content (AvgIpc) is 3.02. The number of aromatic nitrogens is 1. The van der Waals surface area contributed by atoms with E-state index in [0.717, 1.165) is 41.4 Å². The van der Waals surface area contributed by atoms with Gasteiger partial charge in [0.1, 0.15) is 16.4 Å². The molecule has 1 aromatic carbocycles. The summed E-state index contributed by atoms with van der Waals surface area (Å²) in [5, 5.41) is 0.938. The molecule has 1 saturated heterocycles. The summed E-state index contributed by atoms with van der Waals surface area (Å²) >= 11 is 1.48. The minimum absolute atomic E-state index is 0.0916. The summed E-state index contributed by atoms with van der Waals surface area (Å²) in [5.74, 6) is 0.778. The molecule has 0 spiro atoms. The van der Waals surface area contributed by atoms with Gasteiger partial charge in [0, 0.05) is 19.0 Å². The fourth-order valence-corrected chi connectivity index (χ4v) is 4.13. The number of piperidine rings is 1. The molecule has 1 fully saturated rings. The van der Waals surface area contributed by atoms with E-state index >= 15 is 0 Å². The van der Waals surface area contributed by atoms with Crippen molar-refractivity contribution in [1.29, 1.82) is 0 Å². The third-order valence-electron chi connectivity index (χ3n) is 4.44. The lowest BCUT2D eigenvalue weighted by atomic mass is 9.98. The van der Waals surface area contributed by atoms with E-state index in [1.807, 2.05) is 18.7 Å². The Morgan fingerprint density at radius 1 is 1.40 bits per heavy atom. The number of thiazole rings is 1. The highest BCUT2D eigenvalue weighted by Crippen LogP contribution is 2.25. The Balaban J connectivity index is 1.60. The third kappa shape index (κ3) is 4.37. The van der Waals surface area contributed by atoms with E-state index < -0.39 is 0 Å². The fourth-order valence-electron chi connectivity index (χ4n) is 3.15. The van der Waals surface area contributed by atoms with Gasteiger partial charge in [-0.2, -0.15) is 0 Å². The van der Waals surface area contributed by atoms with Crippen LogP contribution in [0.25, 0.3) is 0 Å². The maximum atomic E-state index is 12.9. The number of hydrogen-bond donors (Lipinski definition) is 0. The van der Waals surface area contributed by atoms with Gasteiger partial charge >= 0.3 is 0 Å². The molecule has 25 heavy (non-hydrogen) atoms. The van der Waals surface area contributed by atoms with Crippen LogP contribution in [0.3, 0.4) is 0 Å². The van der Waals surface area contributed by atoms with Crippen LogP contribution in [0.1, 0.15) is 40.1 Å². The van der Waals surface area contributed by atoms with E-state index in [4.69, 9.17) is 4.74 Å². The van der Waals surface area contributed by atoms with Crippen LogP contribution in [0, 0.1) is 18.7 Å². The summed E-state index contributed by atoms with van der Waals surface area (Å²) in [6.45, 7) is 5.99. The molecule has 1 aliphatic rings. The normalized spacial score (nSPS) is 17.6. The first-order chi connectivity index (χ1) is 12.1. The molecule has 134 valence electrons. The first kappa shape index (κ1) is 17.9. The van der Waals surface area contributed by atoms with Crippen LogP contribution in [-0.4, -0.2) is 35.5 Å². The number of hydrogen-bond acceptors (Lipinski definition) is 4. The topological polar surface area (TPSA) is 42.4 Å². The zero-order valence-corrected chi connectivity index (χ0v) is 15.4. The molecule has 6 heteroatoms. The number of likely N-dealkylation sites (tertiary alicyclic amines) is 1. The van der Waals surface area contributed by atoms with Crippen molar-refractivity contribution in [2.45, 2.75) is 33.1 Å². The summed E-state index contributed by atoms with van der Waals surface area (Å²) in [7, 11) is 0. The monoisotopic (exact) mass is 362 g/mol. The van der Waals surface area contributed by atoms with Crippen molar-refractivity contribution in [3.8, 4) is 5.75 Å². The van der Waals surface area contributed by atoms with Crippen LogP contribution >= 0.6 is 11.3 Å². The zero-order chi connectivity index (χ0) is 17.8.